The van der Waals surface area contributed by atoms with Gasteiger partial charge in [-0.25, -0.2) is 15.0 Å². The minimum atomic E-state index is -0.208. The maximum atomic E-state index is 13.1. The van der Waals surface area contributed by atoms with E-state index in [4.69, 9.17) is 4.98 Å². The molecule has 0 bridgehead atoms. The summed E-state index contributed by atoms with van der Waals surface area (Å²) in [6, 6.07) is 7.47. The number of hydrogen-bond donors (Lipinski definition) is 1. The summed E-state index contributed by atoms with van der Waals surface area (Å²) in [5.74, 6) is 1.12. The number of carbonyl (C=O) groups is 1. The van der Waals surface area contributed by atoms with Gasteiger partial charge in [0, 0.05) is 80.0 Å². The van der Waals surface area contributed by atoms with E-state index in [0.29, 0.717) is 11.4 Å². The standard InChI is InChI=1S/C24H26N8O/c1-16-19(6-7-25-23(16)32-10-8-30(2)9-11-32)24(33)29-22-12-21-17(13-26-22)4-5-20(28-21)18-14-27-31(3)15-18/h4-7,12-15H,8-11H2,1-3H3,(H,26,29,33). The van der Waals surface area contributed by atoms with Crippen LogP contribution in [0.1, 0.15) is 15.9 Å². The number of nitrogens with zero attached hydrogens (tertiary/aromatic N) is 7. The number of carbonyl (C=O) groups excluding carboxylic acids is 1. The molecule has 33 heavy (non-hydrogen) atoms. The summed E-state index contributed by atoms with van der Waals surface area (Å²) < 4.78 is 1.74. The summed E-state index contributed by atoms with van der Waals surface area (Å²) in [7, 11) is 3.99. The van der Waals surface area contributed by atoms with Crippen LogP contribution in [-0.2, 0) is 7.05 Å². The lowest BCUT2D eigenvalue weighted by molar-refractivity contribution is 0.102. The van der Waals surface area contributed by atoms with E-state index in [0.717, 1.165) is 59.7 Å². The fraction of sp³-hybridized carbons (Fsp3) is 0.292. The lowest BCUT2D eigenvalue weighted by atomic mass is 10.1. The van der Waals surface area contributed by atoms with Crippen molar-refractivity contribution in [2.24, 2.45) is 7.05 Å². The molecule has 5 rings (SSSR count). The number of nitrogens with one attached hydrogen (secondary N) is 1. The first kappa shape index (κ1) is 21.0. The number of aryl methyl sites for hydroxylation is 1. The molecule has 0 aliphatic carbocycles. The first-order valence-corrected chi connectivity index (χ1v) is 10.9. The van der Waals surface area contributed by atoms with Crippen molar-refractivity contribution in [1.82, 2.24) is 29.6 Å². The zero-order chi connectivity index (χ0) is 22.9. The van der Waals surface area contributed by atoms with Gasteiger partial charge in [-0.3, -0.25) is 9.48 Å². The van der Waals surface area contributed by atoms with Gasteiger partial charge < -0.3 is 15.1 Å². The van der Waals surface area contributed by atoms with E-state index in [9.17, 15) is 4.79 Å². The molecule has 168 valence electrons. The average Bonchev–Trinajstić information content (AvgIpc) is 3.25. The maximum absolute atomic E-state index is 13.1. The molecule has 1 aliphatic rings. The molecule has 1 aliphatic heterocycles. The average molecular weight is 443 g/mol. The van der Waals surface area contributed by atoms with Gasteiger partial charge in [-0.2, -0.15) is 5.10 Å². The number of anilines is 2. The van der Waals surface area contributed by atoms with Crippen LogP contribution in [0.25, 0.3) is 22.2 Å². The van der Waals surface area contributed by atoms with E-state index >= 15 is 0 Å². The van der Waals surface area contributed by atoms with Crippen molar-refractivity contribution in [3.63, 3.8) is 0 Å². The monoisotopic (exact) mass is 442 g/mol. The van der Waals surface area contributed by atoms with Gasteiger partial charge in [-0.15, -0.1) is 0 Å². The highest BCUT2D eigenvalue weighted by Gasteiger charge is 2.20. The zero-order valence-corrected chi connectivity index (χ0v) is 19.0. The topological polar surface area (TPSA) is 92.1 Å². The largest absolute Gasteiger partial charge is 0.354 e. The van der Waals surface area contributed by atoms with Gasteiger partial charge in [-0.1, -0.05) is 0 Å². The number of piperazine rings is 1. The van der Waals surface area contributed by atoms with Crippen LogP contribution in [0.2, 0.25) is 0 Å². The summed E-state index contributed by atoms with van der Waals surface area (Å²) in [6.45, 7) is 5.70. The second kappa shape index (κ2) is 8.59. The minimum absolute atomic E-state index is 0.208. The zero-order valence-electron chi connectivity index (χ0n) is 19.0. The summed E-state index contributed by atoms with van der Waals surface area (Å²) in [5.41, 5.74) is 3.98. The molecule has 0 radical (unpaired) electrons. The van der Waals surface area contributed by atoms with E-state index in [1.807, 2.05) is 32.3 Å². The molecule has 1 amide bonds. The quantitative estimate of drug-likeness (QED) is 0.520. The summed E-state index contributed by atoms with van der Waals surface area (Å²) in [6.07, 6.45) is 7.12. The molecule has 9 nitrogen and oxygen atoms in total. The van der Waals surface area contributed by atoms with Crippen LogP contribution in [0, 0.1) is 6.92 Å². The third-order valence-electron chi connectivity index (χ3n) is 6.04. The van der Waals surface area contributed by atoms with Crippen molar-refractivity contribution >= 4 is 28.4 Å². The van der Waals surface area contributed by atoms with Crippen molar-refractivity contribution in [3.8, 4) is 11.3 Å². The Morgan fingerprint density at radius 1 is 1.03 bits per heavy atom. The van der Waals surface area contributed by atoms with Gasteiger partial charge in [0.25, 0.3) is 5.91 Å². The summed E-state index contributed by atoms with van der Waals surface area (Å²) in [4.78, 5) is 31.3. The fourth-order valence-electron chi connectivity index (χ4n) is 4.09. The van der Waals surface area contributed by atoms with Crippen LogP contribution >= 0.6 is 0 Å². The van der Waals surface area contributed by atoms with Crippen molar-refractivity contribution in [3.05, 3.63) is 60.2 Å². The molecule has 0 atom stereocenters. The highest BCUT2D eigenvalue weighted by molar-refractivity contribution is 6.06. The number of amides is 1. The molecule has 1 saturated heterocycles. The van der Waals surface area contributed by atoms with Crippen molar-refractivity contribution in [2.75, 3.05) is 43.4 Å². The molecule has 9 heteroatoms. The Kier molecular flexibility index (Phi) is 5.47. The predicted octanol–water partition coefficient (Wildman–Crippen LogP) is 2.74. The van der Waals surface area contributed by atoms with Crippen LogP contribution in [0.5, 0.6) is 0 Å². The van der Waals surface area contributed by atoms with Crippen LogP contribution < -0.4 is 10.2 Å². The van der Waals surface area contributed by atoms with E-state index in [-0.39, 0.29) is 5.91 Å². The number of rotatable bonds is 4. The molecule has 1 fully saturated rings. The SMILES string of the molecule is Cc1c(C(=O)Nc2cc3nc(-c4cnn(C)c4)ccc3cn2)ccnc1N1CCN(C)CC1. The molecule has 0 unspecified atom stereocenters. The molecule has 4 aromatic rings. The van der Waals surface area contributed by atoms with Crippen LogP contribution in [0.3, 0.4) is 0 Å². The Bertz CT molecular complexity index is 1320. The fourth-order valence-corrected chi connectivity index (χ4v) is 4.09. The number of aromatic nitrogens is 5. The highest BCUT2D eigenvalue weighted by atomic mass is 16.1. The Hall–Kier alpha value is -3.85. The molecule has 0 aromatic carbocycles. The van der Waals surface area contributed by atoms with Crippen LogP contribution in [0.4, 0.5) is 11.6 Å². The Morgan fingerprint density at radius 3 is 2.61 bits per heavy atom. The van der Waals surface area contributed by atoms with Gasteiger partial charge in [-0.05, 0) is 32.2 Å². The summed E-state index contributed by atoms with van der Waals surface area (Å²) in [5, 5.41) is 8.04. The van der Waals surface area contributed by atoms with Crippen molar-refractivity contribution in [1.29, 1.82) is 0 Å². The van der Waals surface area contributed by atoms with E-state index in [1.165, 1.54) is 0 Å². The van der Waals surface area contributed by atoms with E-state index in [1.54, 1.807) is 35.4 Å². The molecular formula is C24H26N8O. The molecule has 0 saturated carbocycles. The van der Waals surface area contributed by atoms with Gasteiger partial charge >= 0.3 is 0 Å². The Labute approximate surface area is 192 Å². The Morgan fingerprint density at radius 2 is 1.85 bits per heavy atom. The smallest absolute Gasteiger partial charge is 0.257 e. The maximum Gasteiger partial charge on any atom is 0.257 e. The number of hydrogen-bond acceptors (Lipinski definition) is 7. The Balaban J connectivity index is 1.39. The third kappa shape index (κ3) is 4.27. The lowest BCUT2D eigenvalue weighted by Crippen LogP contribution is -2.45. The molecule has 1 N–H and O–H groups in total. The molecule has 5 heterocycles. The van der Waals surface area contributed by atoms with E-state index in [2.05, 4.69) is 37.2 Å². The van der Waals surface area contributed by atoms with Gasteiger partial charge in [0.15, 0.2) is 0 Å². The van der Waals surface area contributed by atoms with Gasteiger partial charge in [0.05, 0.1) is 17.4 Å². The number of likely N-dealkylation sites (N-methyl/N-ethyl adjacent to an activating group) is 1. The first-order chi connectivity index (χ1) is 16.0. The van der Waals surface area contributed by atoms with Crippen LogP contribution in [0.15, 0.2) is 49.1 Å². The van der Waals surface area contributed by atoms with Crippen molar-refractivity contribution < 1.29 is 4.79 Å². The lowest BCUT2D eigenvalue weighted by Gasteiger charge is -2.34. The predicted molar refractivity (Wildman–Crippen MR) is 128 cm³/mol. The first-order valence-electron chi connectivity index (χ1n) is 10.9. The van der Waals surface area contributed by atoms with E-state index < -0.39 is 0 Å². The molecule has 0 spiro atoms. The minimum Gasteiger partial charge on any atom is -0.354 e. The van der Waals surface area contributed by atoms with Crippen molar-refractivity contribution in [2.45, 2.75) is 6.92 Å². The van der Waals surface area contributed by atoms with Crippen LogP contribution in [-0.4, -0.2) is 68.8 Å². The molecular weight excluding hydrogens is 416 g/mol. The van der Waals surface area contributed by atoms with Gasteiger partial charge in [0.2, 0.25) is 0 Å². The number of pyridine rings is 3. The normalized spacial score (nSPS) is 14.6. The second-order valence-corrected chi connectivity index (χ2v) is 8.41. The van der Waals surface area contributed by atoms with Gasteiger partial charge in [0.1, 0.15) is 11.6 Å². The molecule has 4 aromatic heterocycles. The second-order valence-electron chi connectivity index (χ2n) is 8.41. The summed E-state index contributed by atoms with van der Waals surface area (Å²) >= 11 is 0. The third-order valence-corrected chi connectivity index (χ3v) is 6.04. The number of fused-ring (bicyclic) bond motifs is 1. The highest BCUT2D eigenvalue weighted by Crippen LogP contribution is 2.24.